The van der Waals surface area contributed by atoms with Crippen molar-refractivity contribution in [3.63, 3.8) is 0 Å². The Morgan fingerprint density at radius 3 is 3.20 bits per heavy atom. The molecular formula is C10H12ClN3S. The lowest BCUT2D eigenvalue weighted by atomic mass is 10.2. The van der Waals surface area contributed by atoms with E-state index in [1.807, 2.05) is 11.4 Å². The van der Waals surface area contributed by atoms with Gasteiger partial charge < -0.3 is 5.32 Å². The Morgan fingerprint density at radius 2 is 2.40 bits per heavy atom. The number of aromatic nitrogens is 2. The smallest absolute Gasteiger partial charge is 0.147 e. The minimum atomic E-state index is 0.336. The van der Waals surface area contributed by atoms with E-state index in [1.165, 1.54) is 0 Å². The Morgan fingerprint density at radius 1 is 1.53 bits per heavy atom. The maximum atomic E-state index is 5.69. The number of fused-ring (bicyclic) bond motifs is 1. The zero-order valence-electron chi connectivity index (χ0n) is 8.40. The van der Waals surface area contributed by atoms with Crippen LogP contribution in [0, 0.1) is 0 Å². The highest BCUT2D eigenvalue weighted by atomic mass is 35.5. The van der Waals surface area contributed by atoms with E-state index in [0.717, 1.165) is 22.5 Å². The molecule has 0 aliphatic heterocycles. The first-order chi connectivity index (χ1) is 7.31. The highest BCUT2D eigenvalue weighted by Crippen LogP contribution is 2.25. The summed E-state index contributed by atoms with van der Waals surface area (Å²) in [6.45, 7) is 2.10. The Bertz CT molecular complexity index is 443. The second-order valence-corrected chi connectivity index (χ2v) is 4.67. The van der Waals surface area contributed by atoms with E-state index < -0.39 is 0 Å². The van der Waals surface area contributed by atoms with Gasteiger partial charge in [-0.25, -0.2) is 9.97 Å². The molecule has 0 saturated heterocycles. The van der Waals surface area contributed by atoms with Crippen LogP contribution >= 0.6 is 22.9 Å². The quantitative estimate of drug-likeness (QED) is 0.836. The summed E-state index contributed by atoms with van der Waals surface area (Å²) in [6, 6.07) is 2.33. The van der Waals surface area contributed by atoms with Gasteiger partial charge in [0.2, 0.25) is 0 Å². The van der Waals surface area contributed by atoms with Crippen LogP contribution in [0.1, 0.15) is 13.3 Å². The van der Waals surface area contributed by atoms with Crippen LogP contribution in [0.4, 0.5) is 5.82 Å². The van der Waals surface area contributed by atoms with Gasteiger partial charge in [0, 0.05) is 11.9 Å². The minimum absolute atomic E-state index is 0.336. The summed E-state index contributed by atoms with van der Waals surface area (Å²) in [7, 11) is 0. The fourth-order valence-electron chi connectivity index (χ4n) is 1.36. The number of halogens is 1. The zero-order valence-corrected chi connectivity index (χ0v) is 9.98. The molecule has 80 valence electrons. The lowest BCUT2D eigenvalue weighted by Gasteiger charge is -2.12. The highest BCUT2D eigenvalue weighted by Gasteiger charge is 2.07. The highest BCUT2D eigenvalue weighted by molar-refractivity contribution is 7.17. The van der Waals surface area contributed by atoms with Crippen molar-refractivity contribution in [2.75, 3.05) is 11.2 Å². The molecule has 2 aromatic rings. The van der Waals surface area contributed by atoms with Crippen molar-refractivity contribution in [3.05, 3.63) is 17.8 Å². The van der Waals surface area contributed by atoms with Gasteiger partial charge in [-0.2, -0.15) is 0 Å². The van der Waals surface area contributed by atoms with E-state index in [-0.39, 0.29) is 0 Å². The van der Waals surface area contributed by atoms with Crippen LogP contribution in [0.25, 0.3) is 10.2 Å². The van der Waals surface area contributed by atoms with Gasteiger partial charge in [0.15, 0.2) is 0 Å². The Hall–Kier alpha value is -0.870. The molecule has 0 radical (unpaired) electrons. The summed E-state index contributed by atoms with van der Waals surface area (Å²) >= 11 is 7.34. The molecule has 0 aromatic carbocycles. The summed E-state index contributed by atoms with van der Waals surface area (Å²) < 4.78 is 1.11. The number of nitrogens with zero attached hydrogens (tertiary/aromatic N) is 2. The lowest BCUT2D eigenvalue weighted by molar-refractivity contribution is 0.765. The summed E-state index contributed by atoms with van der Waals surface area (Å²) in [4.78, 5) is 8.43. The molecule has 0 spiro atoms. The number of anilines is 1. The Balaban J connectivity index is 2.23. The van der Waals surface area contributed by atoms with Gasteiger partial charge in [-0.15, -0.1) is 22.9 Å². The van der Waals surface area contributed by atoms with Crippen LogP contribution in [-0.4, -0.2) is 21.9 Å². The van der Waals surface area contributed by atoms with E-state index in [9.17, 15) is 0 Å². The molecule has 2 heterocycles. The third-order valence-corrected chi connectivity index (χ3v) is 3.30. The number of thiophene rings is 1. The van der Waals surface area contributed by atoms with E-state index >= 15 is 0 Å². The first-order valence-corrected chi connectivity index (χ1v) is 6.23. The summed E-state index contributed by atoms with van der Waals surface area (Å²) in [5.41, 5.74) is 0.996. The van der Waals surface area contributed by atoms with Crippen LogP contribution in [0.5, 0.6) is 0 Å². The summed E-state index contributed by atoms with van der Waals surface area (Å²) in [5.74, 6) is 1.57. The normalized spacial score (nSPS) is 12.9. The van der Waals surface area contributed by atoms with Gasteiger partial charge in [-0.05, 0) is 24.8 Å². The van der Waals surface area contributed by atoms with Crippen LogP contribution in [0.15, 0.2) is 17.8 Å². The summed E-state index contributed by atoms with van der Waals surface area (Å²) in [6.07, 6.45) is 2.52. The van der Waals surface area contributed by atoms with Gasteiger partial charge in [0.05, 0.1) is 10.2 Å². The van der Waals surface area contributed by atoms with Crippen molar-refractivity contribution in [3.8, 4) is 0 Å². The summed E-state index contributed by atoms with van der Waals surface area (Å²) in [5, 5.41) is 5.37. The number of nitrogens with one attached hydrogen (secondary N) is 1. The number of hydrogen-bond acceptors (Lipinski definition) is 4. The second kappa shape index (κ2) is 4.77. The molecule has 0 aliphatic rings. The molecule has 0 bridgehead atoms. The topological polar surface area (TPSA) is 37.8 Å². The molecule has 0 aliphatic carbocycles. The largest absolute Gasteiger partial charge is 0.366 e. The zero-order chi connectivity index (χ0) is 10.7. The third kappa shape index (κ3) is 2.38. The fraction of sp³-hybridized carbons (Fsp3) is 0.400. The molecule has 3 nitrogen and oxygen atoms in total. The van der Waals surface area contributed by atoms with E-state index in [0.29, 0.717) is 11.9 Å². The molecule has 0 amide bonds. The molecule has 1 unspecified atom stereocenters. The first kappa shape index (κ1) is 10.6. The van der Waals surface area contributed by atoms with Crippen molar-refractivity contribution in [1.29, 1.82) is 0 Å². The number of rotatable bonds is 4. The minimum Gasteiger partial charge on any atom is -0.366 e. The SMILES string of the molecule is CC(CCCl)Nc1ncnc2ccsc12. The van der Waals surface area contributed by atoms with Crippen LogP contribution in [-0.2, 0) is 0 Å². The van der Waals surface area contributed by atoms with E-state index in [4.69, 9.17) is 11.6 Å². The average Bonchev–Trinajstić information content (AvgIpc) is 2.67. The van der Waals surface area contributed by atoms with Crippen molar-refractivity contribution in [2.45, 2.75) is 19.4 Å². The monoisotopic (exact) mass is 241 g/mol. The van der Waals surface area contributed by atoms with Crippen LogP contribution in [0.3, 0.4) is 0 Å². The number of alkyl halides is 1. The molecule has 1 N–H and O–H groups in total. The van der Waals surface area contributed by atoms with Crippen molar-refractivity contribution < 1.29 is 0 Å². The molecule has 0 fully saturated rings. The van der Waals surface area contributed by atoms with Gasteiger partial charge >= 0.3 is 0 Å². The molecule has 1 atom stereocenters. The van der Waals surface area contributed by atoms with Gasteiger partial charge in [0.1, 0.15) is 12.1 Å². The fourth-order valence-corrected chi connectivity index (χ4v) is 2.49. The third-order valence-electron chi connectivity index (χ3n) is 2.17. The van der Waals surface area contributed by atoms with Gasteiger partial charge in [-0.1, -0.05) is 0 Å². The van der Waals surface area contributed by atoms with Crippen LogP contribution in [0.2, 0.25) is 0 Å². The second-order valence-electron chi connectivity index (χ2n) is 3.38. The molecule has 0 saturated carbocycles. The maximum absolute atomic E-state index is 5.69. The Labute approximate surface area is 97.5 Å². The van der Waals surface area contributed by atoms with Crippen molar-refractivity contribution in [1.82, 2.24) is 9.97 Å². The predicted octanol–water partition coefficient (Wildman–Crippen LogP) is 3.12. The molecule has 5 heteroatoms. The van der Waals surface area contributed by atoms with Gasteiger partial charge in [0.25, 0.3) is 0 Å². The molecule has 2 aromatic heterocycles. The van der Waals surface area contributed by atoms with E-state index in [1.54, 1.807) is 17.7 Å². The first-order valence-electron chi connectivity index (χ1n) is 4.82. The van der Waals surface area contributed by atoms with Crippen molar-refractivity contribution in [2.24, 2.45) is 0 Å². The molecule has 2 rings (SSSR count). The van der Waals surface area contributed by atoms with Gasteiger partial charge in [-0.3, -0.25) is 0 Å². The molecule has 15 heavy (non-hydrogen) atoms. The standard InChI is InChI=1S/C10H12ClN3S/c1-7(2-4-11)14-10-9-8(3-5-15-9)12-6-13-10/h3,5-7H,2,4H2,1H3,(H,12,13,14). The van der Waals surface area contributed by atoms with Crippen molar-refractivity contribution >= 4 is 39.0 Å². The Kier molecular flexibility index (Phi) is 3.38. The lowest BCUT2D eigenvalue weighted by Crippen LogP contribution is -2.16. The predicted molar refractivity (Wildman–Crippen MR) is 65.8 cm³/mol. The maximum Gasteiger partial charge on any atom is 0.147 e. The number of hydrogen-bond donors (Lipinski definition) is 1. The van der Waals surface area contributed by atoms with E-state index in [2.05, 4.69) is 22.2 Å². The van der Waals surface area contributed by atoms with Crippen LogP contribution < -0.4 is 5.32 Å². The molecular weight excluding hydrogens is 230 g/mol. The average molecular weight is 242 g/mol.